The third-order valence-electron chi connectivity index (χ3n) is 5.28. The molecular weight excluding hydrogens is 404 g/mol. The Morgan fingerprint density at radius 3 is 2.06 bits per heavy atom. The second-order valence-corrected chi connectivity index (χ2v) is 7.60. The first-order chi connectivity index (χ1) is 15.4. The second-order valence-electron chi connectivity index (χ2n) is 7.60. The van der Waals surface area contributed by atoms with Crippen LogP contribution in [0.5, 0.6) is 11.5 Å². The Balaban J connectivity index is 1.85. The molecular formula is C26H24N2O4. The van der Waals surface area contributed by atoms with Crippen LogP contribution in [0.15, 0.2) is 72.4 Å². The van der Waals surface area contributed by atoms with Gasteiger partial charge >= 0.3 is 0 Å². The maximum atomic E-state index is 13.6. The van der Waals surface area contributed by atoms with Gasteiger partial charge in [0.15, 0.2) is 0 Å². The Hall–Kier alpha value is -4.06. The molecule has 0 aromatic heterocycles. The van der Waals surface area contributed by atoms with E-state index in [9.17, 15) is 9.59 Å². The number of aryl methyl sites for hydroxylation is 2. The molecule has 3 aromatic rings. The molecule has 0 atom stereocenters. The minimum absolute atomic E-state index is 0.209. The molecule has 1 aliphatic heterocycles. The fraction of sp³-hybridized carbons (Fsp3) is 0.154. The standard InChI is InChI=1S/C26H24N2O4/c1-16-13-17(2)15-18(14-16)27-24-23(21-7-5-6-8-22(21)32-4)25(29)28(26(24)30)19-9-11-20(31-3)12-10-19/h5-15,27H,1-4H3. The molecule has 0 saturated heterocycles. The number of imide groups is 1. The monoisotopic (exact) mass is 428 g/mol. The summed E-state index contributed by atoms with van der Waals surface area (Å²) >= 11 is 0. The number of hydrogen-bond donors (Lipinski definition) is 1. The maximum Gasteiger partial charge on any atom is 0.282 e. The number of rotatable bonds is 6. The minimum atomic E-state index is -0.430. The van der Waals surface area contributed by atoms with Crippen molar-refractivity contribution in [1.29, 1.82) is 0 Å². The lowest BCUT2D eigenvalue weighted by Crippen LogP contribution is -2.32. The molecule has 0 aliphatic carbocycles. The molecule has 2 amide bonds. The number of benzene rings is 3. The first-order valence-corrected chi connectivity index (χ1v) is 10.2. The van der Waals surface area contributed by atoms with Crippen LogP contribution in [-0.4, -0.2) is 26.0 Å². The summed E-state index contributed by atoms with van der Waals surface area (Å²) in [5.74, 6) is 0.302. The number of para-hydroxylation sites is 1. The highest BCUT2D eigenvalue weighted by Gasteiger charge is 2.41. The zero-order valence-corrected chi connectivity index (χ0v) is 18.4. The highest BCUT2D eigenvalue weighted by atomic mass is 16.5. The van der Waals surface area contributed by atoms with Crippen LogP contribution in [0, 0.1) is 13.8 Å². The highest BCUT2D eigenvalue weighted by Crippen LogP contribution is 2.37. The molecule has 0 saturated carbocycles. The van der Waals surface area contributed by atoms with Gasteiger partial charge in [-0.2, -0.15) is 0 Å². The summed E-state index contributed by atoms with van der Waals surface area (Å²) in [7, 11) is 3.10. The quantitative estimate of drug-likeness (QED) is 0.576. The molecule has 6 heteroatoms. The summed E-state index contributed by atoms with van der Waals surface area (Å²) in [4.78, 5) is 28.3. The predicted octanol–water partition coefficient (Wildman–Crippen LogP) is 4.72. The largest absolute Gasteiger partial charge is 0.497 e. The summed E-state index contributed by atoms with van der Waals surface area (Å²) in [5.41, 5.74) is 4.33. The van der Waals surface area contributed by atoms with E-state index in [0.29, 0.717) is 22.7 Å². The zero-order chi connectivity index (χ0) is 22.8. The summed E-state index contributed by atoms with van der Waals surface area (Å²) in [6.07, 6.45) is 0. The molecule has 3 aromatic carbocycles. The fourth-order valence-electron chi connectivity index (χ4n) is 3.90. The van der Waals surface area contributed by atoms with Gasteiger partial charge in [0.2, 0.25) is 0 Å². The van der Waals surface area contributed by atoms with Crippen molar-refractivity contribution in [2.45, 2.75) is 13.8 Å². The van der Waals surface area contributed by atoms with Crippen LogP contribution in [0.2, 0.25) is 0 Å². The molecule has 0 fully saturated rings. The Morgan fingerprint density at radius 1 is 0.781 bits per heavy atom. The van der Waals surface area contributed by atoms with Crippen LogP contribution in [0.25, 0.3) is 5.57 Å². The van der Waals surface area contributed by atoms with Crippen molar-refractivity contribution < 1.29 is 19.1 Å². The molecule has 0 spiro atoms. The molecule has 4 rings (SSSR count). The van der Waals surface area contributed by atoms with Gasteiger partial charge in [-0.15, -0.1) is 0 Å². The van der Waals surface area contributed by atoms with Crippen molar-refractivity contribution in [3.8, 4) is 11.5 Å². The lowest BCUT2D eigenvalue weighted by atomic mass is 10.0. The van der Waals surface area contributed by atoms with E-state index in [1.165, 1.54) is 4.90 Å². The lowest BCUT2D eigenvalue weighted by Gasteiger charge is -2.16. The average Bonchev–Trinajstić information content (AvgIpc) is 3.02. The lowest BCUT2D eigenvalue weighted by molar-refractivity contribution is -0.120. The average molecular weight is 428 g/mol. The molecule has 1 N–H and O–H groups in total. The molecule has 1 heterocycles. The van der Waals surface area contributed by atoms with Crippen molar-refractivity contribution in [3.05, 3.63) is 89.1 Å². The Morgan fingerprint density at radius 2 is 1.44 bits per heavy atom. The van der Waals surface area contributed by atoms with Gasteiger partial charge in [-0.25, -0.2) is 4.90 Å². The maximum absolute atomic E-state index is 13.6. The number of ether oxygens (including phenoxy) is 2. The Bertz CT molecular complexity index is 1210. The van der Waals surface area contributed by atoms with Crippen molar-refractivity contribution in [2.75, 3.05) is 24.4 Å². The Labute approximate surface area is 187 Å². The second kappa shape index (κ2) is 8.59. The van der Waals surface area contributed by atoms with Gasteiger partial charge in [-0.3, -0.25) is 9.59 Å². The summed E-state index contributed by atoms with van der Waals surface area (Å²) in [6.45, 7) is 3.97. The van der Waals surface area contributed by atoms with E-state index in [-0.39, 0.29) is 11.3 Å². The number of nitrogens with one attached hydrogen (secondary N) is 1. The van der Waals surface area contributed by atoms with Crippen molar-refractivity contribution in [1.82, 2.24) is 0 Å². The number of hydrogen-bond acceptors (Lipinski definition) is 5. The van der Waals surface area contributed by atoms with E-state index in [1.807, 2.05) is 44.2 Å². The number of carbonyl (C=O) groups is 2. The van der Waals surface area contributed by atoms with Gasteiger partial charge in [0.1, 0.15) is 17.2 Å². The molecule has 1 aliphatic rings. The Kier molecular flexibility index (Phi) is 5.69. The van der Waals surface area contributed by atoms with Gasteiger partial charge < -0.3 is 14.8 Å². The van der Waals surface area contributed by atoms with Gasteiger partial charge in [0.25, 0.3) is 11.8 Å². The molecule has 0 unspecified atom stereocenters. The number of carbonyl (C=O) groups excluding carboxylic acids is 2. The predicted molar refractivity (Wildman–Crippen MR) is 125 cm³/mol. The van der Waals surface area contributed by atoms with E-state index in [0.717, 1.165) is 16.8 Å². The van der Waals surface area contributed by atoms with Crippen LogP contribution in [0.3, 0.4) is 0 Å². The molecule has 32 heavy (non-hydrogen) atoms. The van der Waals surface area contributed by atoms with E-state index in [4.69, 9.17) is 9.47 Å². The minimum Gasteiger partial charge on any atom is -0.497 e. The highest BCUT2D eigenvalue weighted by molar-refractivity contribution is 6.46. The van der Waals surface area contributed by atoms with Crippen LogP contribution in [-0.2, 0) is 9.59 Å². The van der Waals surface area contributed by atoms with E-state index in [2.05, 4.69) is 5.32 Å². The van der Waals surface area contributed by atoms with Crippen LogP contribution >= 0.6 is 0 Å². The SMILES string of the molecule is COc1ccc(N2C(=O)C(Nc3cc(C)cc(C)c3)=C(c3ccccc3OC)C2=O)cc1. The van der Waals surface area contributed by atoms with E-state index < -0.39 is 11.8 Å². The van der Waals surface area contributed by atoms with Gasteiger partial charge in [0.05, 0.1) is 25.5 Å². The molecule has 0 bridgehead atoms. The van der Waals surface area contributed by atoms with Crippen LogP contribution in [0.1, 0.15) is 16.7 Å². The summed E-state index contributed by atoms with van der Waals surface area (Å²) < 4.78 is 10.7. The third-order valence-corrected chi connectivity index (χ3v) is 5.28. The van der Waals surface area contributed by atoms with Gasteiger partial charge in [0, 0.05) is 11.3 Å². The normalized spacial score (nSPS) is 13.6. The van der Waals surface area contributed by atoms with Crippen molar-refractivity contribution in [3.63, 3.8) is 0 Å². The molecule has 6 nitrogen and oxygen atoms in total. The van der Waals surface area contributed by atoms with E-state index in [1.54, 1.807) is 50.6 Å². The fourth-order valence-corrected chi connectivity index (χ4v) is 3.90. The number of methoxy groups -OCH3 is 2. The van der Waals surface area contributed by atoms with E-state index >= 15 is 0 Å². The summed E-state index contributed by atoms with van der Waals surface area (Å²) in [5, 5.41) is 3.21. The topological polar surface area (TPSA) is 67.9 Å². The molecule has 0 radical (unpaired) electrons. The summed E-state index contributed by atoms with van der Waals surface area (Å²) in [6, 6.07) is 19.9. The number of anilines is 2. The number of nitrogens with zero attached hydrogens (tertiary/aromatic N) is 1. The van der Waals surface area contributed by atoms with Crippen LogP contribution in [0.4, 0.5) is 11.4 Å². The molecule has 162 valence electrons. The smallest absolute Gasteiger partial charge is 0.282 e. The first-order valence-electron chi connectivity index (χ1n) is 10.2. The zero-order valence-electron chi connectivity index (χ0n) is 18.4. The van der Waals surface area contributed by atoms with Crippen LogP contribution < -0.4 is 19.7 Å². The number of amides is 2. The van der Waals surface area contributed by atoms with Gasteiger partial charge in [-0.05, 0) is 67.4 Å². The first kappa shape index (κ1) is 21.2. The van der Waals surface area contributed by atoms with Crippen molar-refractivity contribution >= 4 is 28.8 Å². The third kappa shape index (κ3) is 3.83. The van der Waals surface area contributed by atoms with Crippen molar-refractivity contribution in [2.24, 2.45) is 0 Å². The van der Waals surface area contributed by atoms with Gasteiger partial charge in [-0.1, -0.05) is 24.3 Å².